The predicted octanol–water partition coefficient (Wildman–Crippen LogP) is 3.41. The Kier molecular flexibility index (Phi) is 4.76. The minimum atomic E-state index is 0.410. The second kappa shape index (κ2) is 6.54. The Hall–Kier alpha value is -1.59. The van der Waals surface area contributed by atoms with Crippen LogP contribution >= 0.6 is 15.9 Å². The Bertz CT molecular complexity index is 544. The molecule has 0 atom stereocenters. The second-order valence-electron chi connectivity index (χ2n) is 4.04. The summed E-state index contributed by atoms with van der Waals surface area (Å²) in [6.45, 7) is 0.710. The first kappa shape index (κ1) is 13.8. The standard InChI is InChI=1S/C14H15BrN2O2/c1-18-7-6-10-2-4-12(5-3-10)19-14-13(16)8-11(15)9-17-14/h2-5,8-9H,6-7,16H2,1H3. The molecule has 0 bridgehead atoms. The highest BCUT2D eigenvalue weighted by atomic mass is 79.9. The van der Waals surface area contributed by atoms with Crippen molar-refractivity contribution in [1.82, 2.24) is 4.98 Å². The molecule has 1 aromatic carbocycles. The van der Waals surface area contributed by atoms with E-state index in [4.69, 9.17) is 15.2 Å². The molecule has 0 saturated heterocycles. The van der Waals surface area contributed by atoms with Gasteiger partial charge in [-0.05, 0) is 46.1 Å². The summed E-state index contributed by atoms with van der Waals surface area (Å²) >= 11 is 3.31. The lowest BCUT2D eigenvalue weighted by Gasteiger charge is -2.08. The van der Waals surface area contributed by atoms with E-state index in [1.807, 2.05) is 24.3 Å². The fourth-order valence-corrected chi connectivity index (χ4v) is 1.93. The van der Waals surface area contributed by atoms with E-state index in [2.05, 4.69) is 20.9 Å². The number of halogens is 1. The highest BCUT2D eigenvalue weighted by Crippen LogP contribution is 2.27. The van der Waals surface area contributed by atoms with Gasteiger partial charge in [0.05, 0.1) is 12.3 Å². The van der Waals surface area contributed by atoms with Crippen LogP contribution in [0.1, 0.15) is 5.56 Å². The van der Waals surface area contributed by atoms with Crippen molar-refractivity contribution in [2.24, 2.45) is 0 Å². The van der Waals surface area contributed by atoms with E-state index < -0.39 is 0 Å². The molecule has 100 valence electrons. The van der Waals surface area contributed by atoms with Gasteiger partial charge < -0.3 is 15.2 Å². The lowest BCUT2D eigenvalue weighted by Crippen LogP contribution is -1.96. The Morgan fingerprint density at radius 3 is 2.63 bits per heavy atom. The summed E-state index contributed by atoms with van der Waals surface area (Å²) in [4.78, 5) is 4.13. The van der Waals surface area contributed by atoms with E-state index in [0.717, 1.165) is 10.9 Å². The average Bonchev–Trinajstić information content (AvgIpc) is 2.41. The third kappa shape index (κ3) is 3.94. The van der Waals surface area contributed by atoms with Crippen LogP contribution in [-0.4, -0.2) is 18.7 Å². The molecule has 2 N–H and O–H groups in total. The van der Waals surface area contributed by atoms with Crippen molar-refractivity contribution in [2.75, 3.05) is 19.5 Å². The number of aromatic nitrogens is 1. The Morgan fingerprint density at radius 2 is 2.00 bits per heavy atom. The fourth-order valence-electron chi connectivity index (χ4n) is 1.58. The number of benzene rings is 1. The van der Waals surface area contributed by atoms with Crippen LogP contribution in [0.2, 0.25) is 0 Å². The molecule has 0 amide bonds. The van der Waals surface area contributed by atoms with Crippen LogP contribution in [0.4, 0.5) is 5.69 Å². The summed E-state index contributed by atoms with van der Waals surface area (Å²) in [6, 6.07) is 9.56. The van der Waals surface area contributed by atoms with E-state index in [-0.39, 0.29) is 0 Å². The Balaban J connectivity index is 2.06. The molecular formula is C14H15BrN2O2. The summed E-state index contributed by atoms with van der Waals surface area (Å²) in [5.74, 6) is 1.12. The second-order valence-corrected chi connectivity index (χ2v) is 4.95. The predicted molar refractivity (Wildman–Crippen MR) is 78.4 cm³/mol. The first-order valence-electron chi connectivity index (χ1n) is 5.86. The van der Waals surface area contributed by atoms with Crippen molar-refractivity contribution in [3.8, 4) is 11.6 Å². The zero-order chi connectivity index (χ0) is 13.7. The number of anilines is 1. The van der Waals surface area contributed by atoms with Crippen LogP contribution in [0.3, 0.4) is 0 Å². The molecule has 2 aromatic rings. The quantitative estimate of drug-likeness (QED) is 0.916. The van der Waals surface area contributed by atoms with Gasteiger partial charge in [-0.15, -0.1) is 0 Å². The largest absolute Gasteiger partial charge is 0.437 e. The molecule has 5 heteroatoms. The number of nitrogens with zero attached hydrogens (tertiary/aromatic N) is 1. The van der Waals surface area contributed by atoms with Crippen molar-refractivity contribution in [2.45, 2.75) is 6.42 Å². The molecule has 0 aliphatic rings. The van der Waals surface area contributed by atoms with Gasteiger partial charge in [0, 0.05) is 17.8 Å². The Labute approximate surface area is 120 Å². The summed E-state index contributed by atoms with van der Waals surface area (Å²) < 4.78 is 11.5. The maximum Gasteiger partial charge on any atom is 0.242 e. The lowest BCUT2D eigenvalue weighted by atomic mass is 10.1. The molecular weight excluding hydrogens is 308 g/mol. The van der Waals surface area contributed by atoms with Crippen LogP contribution in [0.15, 0.2) is 41.0 Å². The number of hydrogen-bond donors (Lipinski definition) is 1. The number of rotatable bonds is 5. The van der Waals surface area contributed by atoms with E-state index in [0.29, 0.717) is 23.9 Å². The summed E-state index contributed by atoms with van der Waals surface area (Å²) in [6.07, 6.45) is 2.54. The van der Waals surface area contributed by atoms with Gasteiger partial charge >= 0.3 is 0 Å². The average molecular weight is 323 g/mol. The monoisotopic (exact) mass is 322 g/mol. The highest BCUT2D eigenvalue weighted by Gasteiger charge is 2.04. The van der Waals surface area contributed by atoms with Crippen molar-refractivity contribution in [3.63, 3.8) is 0 Å². The first-order chi connectivity index (χ1) is 9.19. The van der Waals surface area contributed by atoms with Crippen LogP contribution < -0.4 is 10.5 Å². The van der Waals surface area contributed by atoms with Crippen LogP contribution in [0.25, 0.3) is 0 Å². The van der Waals surface area contributed by atoms with E-state index in [1.54, 1.807) is 19.4 Å². The molecule has 1 aromatic heterocycles. The van der Waals surface area contributed by atoms with Gasteiger partial charge in [-0.25, -0.2) is 4.98 Å². The fraction of sp³-hybridized carbons (Fsp3) is 0.214. The minimum Gasteiger partial charge on any atom is -0.437 e. The third-order valence-corrected chi connectivity index (χ3v) is 3.01. The number of hydrogen-bond acceptors (Lipinski definition) is 4. The van der Waals surface area contributed by atoms with Crippen molar-refractivity contribution in [1.29, 1.82) is 0 Å². The van der Waals surface area contributed by atoms with Gasteiger partial charge in [-0.2, -0.15) is 0 Å². The van der Waals surface area contributed by atoms with Gasteiger partial charge in [0.1, 0.15) is 5.75 Å². The maximum atomic E-state index is 5.83. The molecule has 0 radical (unpaired) electrons. The number of methoxy groups -OCH3 is 1. The van der Waals surface area contributed by atoms with E-state index in [1.165, 1.54) is 5.56 Å². The molecule has 0 aliphatic carbocycles. The zero-order valence-corrected chi connectivity index (χ0v) is 12.2. The number of nitrogens with two attached hydrogens (primary N) is 1. The summed E-state index contributed by atoms with van der Waals surface area (Å²) in [5, 5.41) is 0. The smallest absolute Gasteiger partial charge is 0.242 e. The van der Waals surface area contributed by atoms with Crippen molar-refractivity contribution >= 4 is 21.6 Å². The molecule has 4 nitrogen and oxygen atoms in total. The highest BCUT2D eigenvalue weighted by molar-refractivity contribution is 9.10. The van der Waals surface area contributed by atoms with Gasteiger partial charge in [-0.1, -0.05) is 12.1 Å². The molecule has 0 aliphatic heterocycles. The van der Waals surface area contributed by atoms with E-state index >= 15 is 0 Å². The molecule has 19 heavy (non-hydrogen) atoms. The van der Waals surface area contributed by atoms with Crippen LogP contribution in [0.5, 0.6) is 11.6 Å². The molecule has 2 rings (SSSR count). The summed E-state index contributed by atoms with van der Waals surface area (Å²) in [7, 11) is 1.69. The summed E-state index contributed by atoms with van der Waals surface area (Å²) in [5.41, 5.74) is 7.53. The van der Waals surface area contributed by atoms with Gasteiger partial charge in [0.15, 0.2) is 0 Å². The normalized spacial score (nSPS) is 10.4. The number of nitrogen functional groups attached to an aromatic ring is 1. The van der Waals surface area contributed by atoms with Crippen molar-refractivity contribution < 1.29 is 9.47 Å². The van der Waals surface area contributed by atoms with Gasteiger partial charge in [0.2, 0.25) is 5.88 Å². The number of pyridine rings is 1. The molecule has 0 fully saturated rings. The van der Waals surface area contributed by atoms with E-state index in [9.17, 15) is 0 Å². The lowest BCUT2D eigenvalue weighted by molar-refractivity contribution is 0.202. The topological polar surface area (TPSA) is 57.4 Å². The van der Waals surface area contributed by atoms with Crippen molar-refractivity contribution in [3.05, 3.63) is 46.6 Å². The zero-order valence-electron chi connectivity index (χ0n) is 10.6. The van der Waals surface area contributed by atoms with Crippen LogP contribution in [-0.2, 0) is 11.2 Å². The molecule has 0 unspecified atom stereocenters. The number of ether oxygens (including phenoxy) is 2. The third-order valence-electron chi connectivity index (χ3n) is 2.58. The first-order valence-corrected chi connectivity index (χ1v) is 6.65. The van der Waals surface area contributed by atoms with Crippen LogP contribution in [0, 0.1) is 0 Å². The van der Waals surface area contributed by atoms with Gasteiger partial charge in [0.25, 0.3) is 0 Å². The molecule has 0 spiro atoms. The SMILES string of the molecule is COCCc1ccc(Oc2ncc(Br)cc2N)cc1. The minimum absolute atomic E-state index is 0.410. The molecule has 1 heterocycles. The van der Waals surface area contributed by atoms with Gasteiger partial charge in [-0.3, -0.25) is 0 Å². The Morgan fingerprint density at radius 1 is 1.26 bits per heavy atom. The molecule has 0 saturated carbocycles. The maximum absolute atomic E-state index is 5.83.